The van der Waals surface area contributed by atoms with Crippen molar-refractivity contribution in [3.8, 4) is 0 Å². The van der Waals surface area contributed by atoms with E-state index >= 15 is 0 Å². The molecule has 0 aliphatic carbocycles. The molecule has 0 aromatic heterocycles. The maximum Gasteiger partial charge on any atom is 0.294 e. The molecule has 1 aromatic carbocycles. The van der Waals surface area contributed by atoms with Crippen LogP contribution in [0.25, 0.3) is 0 Å². The Morgan fingerprint density at radius 1 is 1.19 bits per heavy atom. The van der Waals surface area contributed by atoms with Crippen LogP contribution >= 0.6 is 11.6 Å². The molecule has 0 radical (unpaired) electrons. The Kier molecular flexibility index (Phi) is 8.25. The molecule has 1 N–H and O–H groups in total. The number of hydrogen-bond acceptors (Lipinski definition) is 2. The normalized spacial score (nSPS) is 10.4. The predicted molar refractivity (Wildman–Crippen MR) is 66.5 cm³/mol. The minimum absolute atomic E-state index is 0.0741. The summed E-state index contributed by atoms with van der Waals surface area (Å²) in [5, 5.41) is 0. The van der Waals surface area contributed by atoms with Crippen LogP contribution in [0.3, 0.4) is 0 Å². The number of rotatable bonds is 4. The molecule has 16 heavy (non-hydrogen) atoms. The molecular formula is C11H17ClO3S. The molecule has 0 fully saturated rings. The van der Waals surface area contributed by atoms with Crippen LogP contribution in [0.5, 0.6) is 0 Å². The van der Waals surface area contributed by atoms with Gasteiger partial charge >= 0.3 is 0 Å². The van der Waals surface area contributed by atoms with E-state index in [0.717, 1.165) is 5.88 Å². The van der Waals surface area contributed by atoms with Crippen LogP contribution in [0, 0.1) is 0 Å². The molecule has 1 rings (SSSR count). The number of alkyl halides is 1. The van der Waals surface area contributed by atoms with Crippen molar-refractivity contribution < 1.29 is 13.0 Å². The van der Waals surface area contributed by atoms with E-state index in [9.17, 15) is 8.42 Å². The summed E-state index contributed by atoms with van der Waals surface area (Å²) in [6.07, 6.45) is 3.73. The number of halogens is 1. The van der Waals surface area contributed by atoms with Crippen LogP contribution in [0.15, 0.2) is 35.2 Å². The van der Waals surface area contributed by atoms with E-state index in [2.05, 4.69) is 6.92 Å². The van der Waals surface area contributed by atoms with E-state index in [1.165, 1.54) is 31.4 Å². The first-order valence-electron chi connectivity index (χ1n) is 5.11. The van der Waals surface area contributed by atoms with Crippen molar-refractivity contribution in [2.24, 2.45) is 0 Å². The quantitative estimate of drug-likeness (QED) is 0.515. The highest BCUT2D eigenvalue weighted by Crippen LogP contribution is 2.05. The first-order valence-corrected chi connectivity index (χ1v) is 7.08. The molecule has 92 valence electrons. The Hall–Kier alpha value is -0.580. The third-order valence-electron chi connectivity index (χ3n) is 1.78. The second kappa shape index (κ2) is 8.56. The topological polar surface area (TPSA) is 54.4 Å². The van der Waals surface area contributed by atoms with Gasteiger partial charge in [0.25, 0.3) is 10.1 Å². The Bertz CT molecular complexity index is 358. The molecule has 0 aliphatic rings. The number of hydrogen-bond donors (Lipinski definition) is 1. The fourth-order valence-electron chi connectivity index (χ4n) is 0.937. The van der Waals surface area contributed by atoms with Gasteiger partial charge in [0.1, 0.15) is 0 Å². The summed E-state index contributed by atoms with van der Waals surface area (Å²) >= 11 is 5.38. The Morgan fingerprint density at radius 3 is 2.00 bits per heavy atom. The number of unbranched alkanes of at least 4 members (excludes halogenated alkanes) is 2. The third kappa shape index (κ3) is 7.68. The summed E-state index contributed by atoms with van der Waals surface area (Å²) in [4.78, 5) is -0.0741. The monoisotopic (exact) mass is 264 g/mol. The minimum atomic E-state index is -4.00. The predicted octanol–water partition coefficient (Wildman–Crippen LogP) is 3.35. The summed E-state index contributed by atoms with van der Waals surface area (Å²) in [6.45, 7) is 2.17. The summed E-state index contributed by atoms with van der Waals surface area (Å²) in [7, 11) is -4.00. The lowest BCUT2D eigenvalue weighted by Crippen LogP contribution is -1.96. The van der Waals surface area contributed by atoms with E-state index in [-0.39, 0.29) is 4.90 Å². The molecule has 0 aliphatic heterocycles. The fourth-order valence-corrected chi connectivity index (χ4v) is 1.63. The average molecular weight is 265 g/mol. The van der Waals surface area contributed by atoms with Crippen molar-refractivity contribution in [1.29, 1.82) is 0 Å². The standard InChI is InChI=1S/C6H6O3S.C5H11Cl/c7-10(8,9)6-4-2-1-3-5-6;1-2-3-4-5-6/h1-5H,(H,7,8,9);2-5H2,1H3. The molecule has 0 atom stereocenters. The van der Waals surface area contributed by atoms with Gasteiger partial charge in [-0.15, -0.1) is 11.6 Å². The van der Waals surface area contributed by atoms with Gasteiger partial charge in [-0.3, -0.25) is 4.55 Å². The fraction of sp³-hybridized carbons (Fsp3) is 0.455. The highest BCUT2D eigenvalue weighted by molar-refractivity contribution is 7.85. The second-order valence-electron chi connectivity index (χ2n) is 3.18. The molecule has 0 saturated heterocycles. The van der Waals surface area contributed by atoms with E-state index in [0.29, 0.717) is 0 Å². The average Bonchev–Trinajstić information content (AvgIpc) is 2.27. The Balaban J connectivity index is 0.000000325. The molecule has 0 spiro atoms. The van der Waals surface area contributed by atoms with Crippen molar-refractivity contribution in [3.05, 3.63) is 30.3 Å². The van der Waals surface area contributed by atoms with Crippen molar-refractivity contribution in [2.45, 2.75) is 31.1 Å². The largest absolute Gasteiger partial charge is 0.294 e. The zero-order valence-electron chi connectivity index (χ0n) is 9.27. The smallest absolute Gasteiger partial charge is 0.282 e. The van der Waals surface area contributed by atoms with Gasteiger partial charge in [0.15, 0.2) is 0 Å². The van der Waals surface area contributed by atoms with Crippen LogP contribution in [0.1, 0.15) is 26.2 Å². The lowest BCUT2D eigenvalue weighted by molar-refractivity contribution is 0.483. The van der Waals surface area contributed by atoms with Crippen LogP contribution in [0.2, 0.25) is 0 Å². The van der Waals surface area contributed by atoms with E-state index in [1.54, 1.807) is 18.2 Å². The van der Waals surface area contributed by atoms with Gasteiger partial charge < -0.3 is 0 Å². The first kappa shape index (κ1) is 15.4. The second-order valence-corrected chi connectivity index (χ2v) is 4.98. The highest BCUT2D eigenvalue weighted by atomic mass is 35.5. The minimum Gasteiger partial charge on any atom is -0.282 e. The van der Waals surface area contributed by atoms with Crippen molar-refractivity contribution in [1.82, 2.24) is 0 Å². The van der Waals surface area contributed by atoms with Crippen LogP contribution < -0.4 is 0 Å². The molecule has 0 unspecified atom stereocenters. The van der Waals surface area contributed by atoms with Crippen LogP contribution in [0.4, 0.5) is 0 Å². The summed E-state index contributed by atoms with van der Waals surface area (Å²) in [5.41, 5.74) is 0. The lowest BCUT2D eigenvalue weighted by atomic mass is 10.3. The lowest BCUT2D eigenvalue weighted by Gasteiger charge is -1.92. The number of benzene rings is 1. The van der Waals surface area contributed by atoms with Gasteiger partial charge in [-0.05, 0) is 18.6 Å². The highest BCUT2D eigenvalue weighted by Gasteiger charge is 2.05. The van der Waals surface area contributed by atoms with Gasteiger partial charge in [0.05, 0.1) is 4.90 Å². The van der Waals surface area contributed by atoms with Crippen molar-refractivity contribution in [3.63, 3.8) is 0 Å². The van der Waals surface area contributed by atoms with Gasteiger partial charge in [-0.1, -0.05) is 38.0 Å². The van der Waals surface area contributed by atoms with E-state index < -0.39 is 10.1 Å². The molecule has 0 saturated carbocycles. The van der Waals surface area contributed by atoms with Gasteiger partial charge in [0.2, 0.25) is 0 Å². The Morgan fingerprint density at radius 2 is 1.75 bits per heavy atom. The summed E-state index contributed by atoms with van der Waals surface area (Å²) < 4.78 is 29.2. The van der Waals surface area contributed by atoms with Gasteiger partial charge in [0, 0.05) is 5.88 Å². The zero-order chi connectivity index (χ0) is 12.4. The zero-order valence-corrected chi connectivity index (χ0v) is 10.8. The van der Waals surface area contributed by atoms with E-state index in [1.807, 2.05) is 0 Å². The molecule has 0 amide bonds. The summed E-state index contributed by atoms with van der Waals surface area (Å²) in [5.74, 6) is 0.827. The maximum atomic E-state index is 10.4. The van der Waals surface area contributed by atoms with Crippen LogP contribution in [-0.2, 0) is 10.1 Å². The molecule has 5 heteroatoms. The molecular weight excluding hydrogens is 248 g/mol. The van der Waals surface area contributed by atoms with Crippen molar-refractivity contribution >= 4 is 21.7 Å². The maximum absolute atomic E-state index is 10.4. The van der Waals surface area contributed by atoms with Crippen LogP contribution in [-0.4, -0.2) is 18.9 Å². The SMILES string of the molecule is CCCCCCl.O=S(=O)(O)c1ccccc1. The molecule has 0 bridgehead atoms. The van der Waals surface area contributed by atoms with Gasteiger partial charge in [-0.25, -0.2) is 0 Å². The van der Waals surface area contributed by atoms with Gasteiger partial charge in [-0.2, -0.15) is 8.42 Å². The summed E-state index contributed by atoms with van der Waals surface area (Å²) in [6, 6.07) is 7.42. The Labute approximate surface area is 102 Å². The molecule has 1 aromatic rings. The van der Waals surface area contributed by atoms with Crippen molar-refractivity contribution in [2.75, 3.05) is 5.88 Å². The van der Waals surface area contributed by atoms with E-state index in [4.69, 9.17) is 16.2 Å². The third-order valence-corrected chi connectivity index (χ3v) is 2.91. The molecule has 3 nitrogen and oxygen atoms in total. The molecule has 0 heterocycles. The first-order chi connectivity index (χ1) is 7.52.